The molecule has 0 aromatic carbocycles. The number of esters is 1. The SMILES string of the molecule is CC1=CC(=O)[C@@H]2C(C1)[C@]1(C)C=C3N4C[C@H]5C[C@H](C)C[C@]4(CC[C@@]3(C)[C@@]3(COC(=O)C3)C1C(=O)[C@@H]2C)O5. The van der Waals surface area contributed by atoms with Crippen molar-refractivity contribution < 1.29 is 23.9 Å². The Kier molecular flexibility index (Phi) is 4.46. The highest BCUT2D eigenvalue weighted by molar-refractivity contribution is 6.00. The molecule has 3 aliphatic carbocycles. The van der Waals surface area contributed by atoms with E-state index in [1.54, 1.807) is 6.08 Å². The second-order valence-electron chi connectivity index (χ2n) is 13.9. The van der Waals surface area contributed by atoms with Crippen molar-refractivity contribution in [2.24, 2.45) is 45.8 Å². The van der Waals surface area contributed by atoms with E-state index in [1.165, 1.54) is 5.70 Å². The van der Waals surface area contributed by atoms with Crippen LogP contribution in [0.4, 0.5) is 0 Å². The number of cyclic esters (lactones) is 1. The van der Waals surface area contributed by atoms with Crippen molar-refractivity contribution in [2.75, 3.05) is 13.2 Å². The highest BCUT2D eigenvalue weighted by Crippen LogP contribution is 2.73. The molecule has 4 heterocycles. The summed E-state index contributed by atoms with van der Waals surface area (Å²) in [5.41, 5.74) is 0.583. The zero-order chi connectivity index (χ0) is 25.4. The van der Waals surface area contributed by atoms with Gasteiger partial charge in [0, 0.05) is 46.2 Å². The number of carbonyl (C=O) groups excluding carboxylic acids is 3. The Morgan fingerprint density at radius 1 is 1.11 bits per heavy atom. The van der Waals surface area contributed by atoms with E-state index in [0.717, 1.165) is 44.2 Å². The summed E-state index contributed by atoms with van der Waals surface area (Å²) in [5.74, 6) is -0.275. The summed E-state index contributed by atoms with van der Waals surface area (Å²) in [6.45, 7) is 12.0. The van der Waals surface area contributed by atoms with Crippen LogP contribution >= 0.6 is 0 Å². The van der Waals surface area contributed by atoms with Crippen LogP contribution in [0.2, 0.25) is 0 Å². The Bertz CT molecular complexity index is 1160. The molecule has 1 saturated carbocycles. The molecule has 10 atom stereocenters. The van der Waals surface area contributed by atoms with Crippen molar-refractivity contribution in [3.8, 4) is 0 Å². The summed E-state index contributed by atoms with van der Waals surface area (Å²) in [6.07, 6.45) is 9.38. The number of rotatable bonds is 0. The van der Waals surface area contributed by atoms with Gasteiger partial charge >= 0.3 is 5.97 Å². The Morgan fingerprint density at radius 3 is 2.61 bits per heavy atom. The number of fused-ring (bicyclic) bond motifs is 8. The molecule has 7 aliphatic rings. The number of carbonyl (C=O) groups is 3. The molecule has 194 valence electrons. The first kappa shape index (κ1) is 23.2. The topological polar surface area (TPSA) is 72.9 Å². The molecule has 0 aromatic heterocycles. The summed E-state index contributed by atoms with van der Waals surface area (Å²) in [4.78, 5) is 43.1. The van der Waals surface area contributed by atoms with Crippen LogP contribution in [0.25, 0.3) is 0 Å². The number of piperidine rings is 1. The van der Waals surface area contributed by atoms with Crippen LogP contribution in [-0.2, 0) is 23.9 Å². The van der Waals surface area contributed by atoms with Gasteiger partial charge in [-0.15, -0.1) is 0 Å². The second-order valence-corrected chi connectivity index (χ2v) is 13.9. The van der Waals surface area contributed by atoms with Crippen molar-refractivity contribution in [3.63, 3.8) is 0 Å². The normalized spacial score (nSPS) is 53.2. The molecule has 6 heteroatoms. The number of hydrogen-bond acceptors (Lipinski definition) is 6. The largest absolute Gasteiger partial charge is 0.465 e. The number of ketones is 2. The van der Waals surface area contributed by atoms with Crippen LogP contribution in [-0.4, -0.2) is 47.4 Å². The molecule has 0 N–H and O–H groups in total. The van der Waals surface area contributed by atoms with Gasteiger partial charge in [0.15, 0.2) is 5.78 Å². The molecule has 4 saturated heterocycles. The van der Waals surface area contributed by atoms with Gasteiger partial charge in [0.25, 0.3) is 0 Å². The lowest BCUT2D eigenvalue weighted by Gasteiger charge is -2.67. The first-order valence-corrected chi connectivity index (χ1v) is 14.0. The summed E-state index contributed by atoms with van der Waals surface area (Å²) < 4.78 is 12.5. The zero-order valence-corrected chi connectivity index (χ0v) is 22.3. The van der Waals surface area contributed by atoms with Crippen LogP contribution in [0.5, 0.6) is 0 Å². The second kappa shape index (κ2) is 6.92. The van der Waals surface area contributed by atoms with Crippen LogP contribution in [0.1, 0.15) is 73.1 Å². The van der Waals surface area contributed by atoms with Gasteiger partial charge in [-0.3, -0.25) is 14.4 Å². The van der Waals surface area contributed by atoms with Crippen LogP contribution in [0, 0.1) is 45.8 Å². The molecule has 0 radical (unpaired) electrons. The molecule has 7 rings (SSSR count). The van der Waals surface area contributed by atoms with E-state index in [2.05, 4.69) is 31.7 Å². The lowest BCUT2D eigenvalue weighted by Crippen LogP contribution is -2.69. The highest BCUT2D eigenvalue weighted by Gasteiger charge is 2.74. The molecular weight excluding hydrogens is 454 g/mol. The fourth-order valence-electron chi connectivity index (χ4n) is 10.4. The van der Waals surface area contributed by atoms with Crippen molar-refractivity contribution in [3.05, 3.63) is 23.4 Å². The minimum absolute atomic E-state index is 0.0389. The van der Waals surface area contributed by atoms with E-state index >= 15 is 0 Å². The first-order valence-electron chi connectivity index (χ1n) is 14.0. The molecule has 5 fully saturated rings. The molecular formula is C30H39NO5. The molecule has 4 aliphatic heterocycles. The van der Waals surface area contributed by atoms with E-state index in [4.69, 9.17) is 9.47 Å². The van der Waals surface area contributed by atoms with E-state index < -0.39 is 10.8 Å². The van der Waals surface area contributed by atoms with E-state index in [1.807, 2.05) is 13.8 Å². The third kappa shape index (κ3) is 2.55. The van der Waals surface area contributed by atoms with Gasteiger partial charge in [-0.25, -0.2) is 0 Å². The summed E-state index contributed by atoms with van der Waals surface area (Å²) in [5, 5.41) is 0. The molecule has 0 aromatic rings. The van der Waals surface area contributed by atoms with Crippen molar-refractivity contribution in [2.45, 2.75) is 85.0 Å². The Morgan fingerprint density at radius 2 is 1.89 bits per heavy atom. The Labute approximate surface area is 213 Å². The van der Waals surface area contributed by atoms with Crippen molar-refractivity contribution >= 4 is 17.5 Å². The third-order valence-corrected chi connectivity index (χ3v) is 11.9. The van der Waals surface area contributed by atoms with Crippen LogP contribution < -0.4 is 0 Å². The Balaban J connectivity index is 1.47. The maximum absolute atomic E-state index is 14.4. The molecule has 36 heavy (non-hydrogen) atoms. The van der Waals surface area contributed by atoms with Gasteiger partial charge in [-0.1, -0.05) is 39.3 Å². The van der Waals surface area contributed by atoms with Gasteiger partial charge in [0.05, 0.1) is 19.1 Å². The minimum Gasteiger partial charge on any atom is -0.465 e. The highest BCUT2D eigenvalue weighted by atomic mass is 16.5. The predicted octanol–water partition coefficient (Wildman–Crippen LogP) is 4.44. The number of hydrogen-bond donors (Lipinski definition) is 0. The standard InChI is InChI=1S/C30H39NO5/c1-16-9-20-24(21(32)10-16)18(3)25(34)26-27(20,4)12-22-28(5,29(26)13-23(33)35-15-29)6-7-30-11-17(2)8-19(36-30)14-31(22)30/h10,12,17-20,24,26H,6-9,11,13-15H2,1-5H3/t17-,18+,19+,20?,24-,26?,27-,28+,29-,30-/m0/s1. The third-order valence-electron chi connectivity index (χ3n) is 11.9. The maximum atomic E-state index is 14.4. The predicted molar refractivity (Wildman–Crippen MR) is 132 cm³/mol. The smallest absolute Gasteiger partial charge is 0.306 e. The molecule has 2 unspecified atom stereocenters. The van der Waals surface area contributed by atoms with Gasteiger partial charge in [-0.2, -0.15) is 0 Å². The van der Waals surface area contributed by atoms with Gasteiger partial charge in [-0.05, 0) is 56.9 Å². The number of allylic oxidation sites excluding steroid dienone is 4. The number of nitrogens with zero attached hydrogens (tertiary/aromatic N) is 1. The fourth-order valence-corrected chi connectivity index (χ4v) is 10.4. The number of ether oxygens (including phenoxy) is 2. The molecule has 2 spiro atoms. The summed E-state index contributed by atoms with van der Waals surface area (Å²) in [7, 11) is 0. The lowest BCUT2D eigenvalue weighted by atomic mass is 9.37. The van der Waals surface area contributed by atoms with E-state index in [9.17, 15) is 14.4 Å². The quantitative estimate of drug-likeness (QED) is 0.465. The summed E-state index contributed by atoms with van der Waals surface area (Å²) in [6, 6.07) is 0. The Hall–Kier alpha value is -1.95. The van der Waals surface area contributed by atoms with Crippen molar-refractivity contribution in [1.29, 1.82) is 0 Å². The van der Waals surface area contributed by atoms with E-state index in [0.29, 0.717) is 12.5 Å². The summed E-state index contributed by atoms with van der Waals surface area (Å²) >= 11 is 0. The zero-order valence-electron chi connectivity index (χ0n) is 22.3. The van der Waals surface area contributed by atoms with Gasteiger partial charge in [0.2, 0.25) is 0 Å². The van der Waals surface area contributed by atoms with Gasteiger partial charge in [0.1, 0.15) is 11.5 Å². The average molecular weight is 494 g/mol. The monoisotopic (exact) mass is 493 g/mol. The van der Waals surface area contributed by atoms with E-state index in [-0.39, 0.29) is 64.9 Å². The maximum Gasteiger partial charge on any atom is 0.306 e. The van der Waals surface area contributed by atoms with Crippen LogP contribution in [0.3, 0.4) is 0 Å². The minimum atomic E-state index is -0.596. The van der Waals surface area contributed by atoms with Crippen molar-refractivity contribution in [1.82, 2.24) is 4.90 Å². The molecule has 6 nitrogen and oxygen atoms in total. The molecule has 2 bridgehead atoms. The lowest BCUT2D eigenvalue weighted by molar-refractivity contribution is -0.200. The first-order chi connectivity index (χ1) is 16.9. The number of Topliss-reactive ketones (excluding diaryl/α,β-unsaturated/α-hetero) is 1. The molecule has 0 amide bonds. The fraction of sp³-hybridized carbons (Fsp3) is 0.767. The van der Waals surface area contributed by atoms with Crippen LogP contribution in [0.15, 0.2) is 23.4 Å². The van der Waals surface area contributed by atoms with Gasteiger partial charge < -0.3 is 14.4 Å². The average Bonchev–Trinajstić information content (AvgIpc) is 3.31.